The standard InChI is InChI=1S/C23H19ClFN3OS2/c24-16-4-5-20-19(11-16)27-23(31-20)14-6-8-28(9-7-14)21(29)12-18-13-30-22(26-18)15-2-1-3-17(25)10-15/h1-5,10-11,13-14H,6-9,12H2. The zero-order valence-corrected chi connectivity index (χ0v) is 18.9. The molecule has 0 saturated carbocycles. The molecule has 0 aliphatic carbocycles. The van der Waals surface area contributed by atoms with Gasteiger partial charge in [0, 0.05) is 35.0 Å². The molecule has 0 spiro atoms. The third-order valence-corrected chi connectivity index (χ3v) is 7.89. The van der Waals surface area contributed by atoms with Crippen molar-refractivity contribution in [2.24, 2.45) is 0 Å². The molecule has 0 radical (unpaired) electrons. The van der Waals surface area contributed by atoms with Crippen LogP contribution in [-0.4, -0.2) is 33.9 Å². The second kappa shape index (κ2) is 8.65. The van der Waals surface area contributed by atoms with Crippen molar-refractivity contribution >= 4 is 50.4 Å². The highest BCUT2D eigenvalue weighted by molar-refractivity contribution is 7.18. The molecule has 1 fully saturated rings. The van der Waals surface area contributed by atoms with Crippen molar-refractivity contribution in [3.05, 3.63) is 69.4 Å². The number of hydrogen-bond donors (Lipinski definition) is 0. The Morgan fingerprint density at radius 2 is 2.00 bits per heavy atom. The van der Waals surface area contributed by atoms with Gasteiger partial charge in [-0.2, -0.15) is 0 Å². The summed E-state index contributed by atoms with van der Waals surface area (Å²) < 4.78 is 14.6. The van der Waals surface area contributed by atoms with Crippen LogP contribution in [0.5, 0.6) is 0 Å². The number of thiazole rings is 2. The van der Waals surface area contributed by atoms with Crippen LogP contribution in [-0.2, 0) is 11.2 Å². The number of piperidine rings is 1. The first-order chi connectivity index (χ1) is 15.0. The Morgan fingerprint density at radius 3 is 2.81 bits per heavy atom. The van der Waals surface area contributed by atoms with Gasteiger partial charge < -0.3 is 4.90 Å². The lowest BCUT2D eigenvalue weighted by Gasteiger charge is -2.31. The monoisotopic (exact) mass is 471 g/mol. The summed E-state index contributed by atoms with van der Waals surface area (Å²) in [6.07, 6.45) is 2.09. The minimum Gasteiger partial charge on any atom is -0.342 e. The van der Waals surface area contributed by atoms with E-state index in [4.69, 9.17) is 16.6 Å². The molecule has 4 nitrogen and oxygen atoms in total. The molecule has 1 saturated heterocycles. The van der Waals surface area contributed by atoms with E-state index in [1.54, 1.807) is 17.4 Å². The quantitative estimate of drug-likeness (QED) is 0.358. The largest absolute Gasteiger partial charge is 0.342 e. The summed E-state index contributed by atoms with van der Waals surface area (Å²) in [5.41, 5.74) is 2.42. The van der Waals surface area contributed by atoms with Crippen LogP contribution in [0.2, 0.25) is 5.02 Å². The number of halogens is 2. The first kappa shape index (κ1) is 20.5. The summed E-state index contributed by atoms with van der Waals surface area (Å²) in [6, 6.07) is 12.2. The fraction of sp³-hybridized carbons (Fsp3) is 0.261. The van der Waals surface area contributed by atoms with Gasteiger partial charge in [-0.15, -0.1) is 22.7 Å². The van der Waals surface area contributed by atoms with E-state index in [0.29, 0.717) is 10.9 Å². The number of carbonyl (C=O) groups excluding carboxylic acids is 1. The number of carbonyl (C=O) groups is 1. The van der Waals surface area contributed by atoms with Crippen molar-refractivity contribution in [1.29, 1.82) is 0 Å². The van der Waals surface area contributed by atoms with Gasteiger partial charge in [-0.3, -0.25) is 4.79 Å². The minimum atomic E-state index is -0.288. The first-order valence-corrected chi connectivity index (χ1v) is 12.2. The van der Waals surface area contributed by atoms with Crippen LogP contribution in [0.4, 0.5) is 4.39 Å². The highest BCUT2D eigenvalue weighted by Crippen LogP contribution is 2.35. The molecule has 0 atom stereocenters. The van der Waals surface area contributed by atoms with Gasteiger partial charge in [-0.25, -0.2) is 14.4 Å². The molecule has 8 heteroatoms. The summed E-state index contributed by atoms with van der Waals surface area (Å²) in [6.45, 7) is 1.45. The Kier molecular flexibility index (Phi) is 5.73. The highest BCUT2D eigenvalue weighted by atomic mass is 35.5. The van der Waals surface area contributed by atoms with E-state index >= 15 is 0 Å². The van der Waals surface area contributed by atoms with Crippen LogP contribution in [0, 0.1) is 5.82 Å². The van der Waals surface area contributed by atoms with Crippen molar-refractivity contribution in [2.45, 2.75) is 25.2 Å². The Hall–Kier alpha value is -2.35. The molecule has 2 aromatic carbocycles. The average Bonchev–Trinajstić information content (AvgIpc) is 3.40. The molecule has 2 aromatic heterocycles. The number of rotatable bonds is 4. The molecule has 0 bridgehead atoms. The Balaban J connectivity index is 1.20. The zero-order chi connectivity index (χ0) is 21.4. The molecule has 158 valence electrons. The van der Waals surface area contributed by atoms with Gasteiger partial charge in [0.05, 0.1) is 27.3 Å². The van der Waals surface area contributed by atoms with Gasteiger partial charge in [0.2, 0.25) is 5.91 Å². The molecule has 1 amide bonds. The van der Waals surface area contributed by atoms with E-state index in [1.165, 1.54) is 23.5 Å². The average molecular weight is 472 g/mol. The summed E-state index contributed by atoms with van der Waals surface area (Å²) in [4.78, 5) is 24.0. The molecule has 3 heterocycles. The molecular weight excluding hydrogens is 453 g/mol. The van der Waals surface area contributed by atoms with Crippen LogP contribution in [0.25, 0.3) is 20.8 Å². The third kappa shape index (κ3) is 4.49. The van der Waals surface area contributed by atoms with Gasteiger partial charge >= 0.3 is 0 Å². The number of benzene rings is 2. The zero-order valence-electron chi connectivity index (χ0n) is 16.6. The van der Waals surface area contributed by atoms with Gasteiger partial charge in [-0.05, 0) is 43.2 Å². The van der Waals surface area contributed by atoms with Crippen molar-refractivity contribution in [1.82, 2.24) is 14.9 Å². The molecule has 0 N–H and O–H groups in total. The van der Waals surface area contributed by atoms with Crippen molar-refractivity contribution < 1.29 is 9.18 Å². The molecular formula is C23H19ClFN3OS2. The summed E-state index contributed by atoms with van der Waals surface area (Å²) >= 11 is 9.23. The normalized spacial score (nSPS) is 15.0. The number of nitrogens with zero attached hydrogens (tertiary/aromatic N) is 3. The fourth-order valence-electron chi connectivity index (χ4n) is 3.88. The van der Waals surface area contributed by atoms with Gasteiger partial charge in [0.15, 0.2) is 0 Å². The number of fused-ring (bicyclic) bond motifs is 1. The van der Waals surface area contributed by atoms with Crippen LogP contribution < -0.4 is 0 Å². The maximum absolute atomic E-state index is 13.5. The minimum absolute atomic E-state index is 0.0885. The molecule has 1 aliphatic rings. The maximum Gasteiger partial charge on any atom is 0.228 e. The third-order valence-electron chi connectivity index (χ3n) is 5.52. The lowest BCUT2D eigenvalue weighted by atomic mass is 9.97. The van der Waals surface area contributed by atoms with Crippen molar-refractivity contribution in [2.75, 3.05) is 13.1 Å². The molecule has 1 aliphatic heterocycles. The Bertz CT molecular complexity index is 1250. The van der Waals surface area contributed by atoms with E-state index < -0.39 is 0 Å². The molecule has 5 rings (SSSR count). The SMILES string of the molecule is O=C(Cc1csc(-c2cccc(F)c2)n1)N1CCC(c2nc3cc(Cl)ccc3s2)CC1. The van der Waals surface area contributed by atoms with Gasteiger partial charge in [0.25, 0.3) is 0 Å². The number of likely N-dealkylation sites (tertiary alicyclic amines) is 1. The summed E-state index contributed by atoms with van der Waals surface area (Å²) in [5.74, 6) is 0.175. The smallest absolute Gasteiger partial charge is 0.228 e. The number of amides is 1. The van der Waals surface area contributed by atoms with E-state index in [0.717, 1.165) is 57.4 Å². The number of hydrogen-bond acceptors (Lipinski definition) is 5. The van der Waals surface area contributed by atoms with Gasteiger partial charge in [-0.1, -0.05) is 23.7 Å². The Morgan fingerprint density at radius 1 is 1.16 bits per heavy atom. The Labute approximate surface area is 192 Å². The lowest BCUT2D eigenvalue weighted by Crippen LogP contribution is -2.38. The van der Waals surface area contributed by atoms with Gasteiger partial charge in [0.1, 0.15) is 10.8 Å². The van der Waals surface area contributed by atoms with Crippen molar-refractivity contribution in [3.63, 3.8) is 0 Å². The van der Waals surface area contributed by atoms with Crippen molar-refractivity contribution in [3.8, 4) is 10.6 Å². The van der Waals surface area contributed by atoms with E-state index in [-0.39, 0.29) is 18.1 Å². The first-order valence-electron chi connectivity index (χ1n) is 10.1. The lowest BCUT2D eigenvalue weighted by molar-refractivity contribution is -0.131. The molecule has 31 heavy (non-hydrogen) atoms. The maximum atomic E-state index is 13.5. The molecule has 4 aromatic rings. The molecule has 0 unspecified atom stereocenters. The predicted molar refractivity (Wildman–Crippen MR) is 124 cm³/mol. The van der Waals surface area contributed by atoms with Crippen LogP contribution in [0.3, 0.4) is 0 Å². The summed E-state index contributed by atoms with van der Waals surface area (Å²) in [7, 11) is 0. The van der Waals surface area contributed by atoms with Crippen LogP contribution in [0.1, 0.15) is 29.5 Å². The van der Waals surface area contributed by atoms with Crippen LogP contribution >= 0.6 is 34.3 Å². The number of aromatic nitrogens is 2. The van der Waals surface area contributed by atoms with E-state index in [9.17, 15) is 9.18 Å². The predicted octanol–water partition coefficient (Wildman–Crippen LogP) is 6.16. The fourth-order valence-corrected chi connectivity index (χ4v) is 5.98. The topological polar surface area (TPSA) is 46.1 Å². The summed E-state index contributed by atoms with van der Waals surface area (Å²) in [5, 5.41) is 4.45. The highest BCUT2D eigenvalue weighted by Gasteiger charge is 2.26. The van der Waals surface area contributed by atoms with Crippen LogP contribution in [0.15, 0.2) is 47.8 Å². The van der Waals surface area contributed by atoms with E-state index in [2.05, 4.69) is 4.98 Å². The van der Waals surface area contributed by atoms with E-state index in [1.807, 2.05) is 34.5 Å². The second-order valence-electron chi connectivity index (χ2n) is 7.65. The second-order valence-corrected chi connectivity index (χ2v) is 10.0.